The number of quaternary nitrogens is 1. The molecule has 0 spiro atoms. The van der Waals surface area contributed by atoms with Crippen molar-refractivity contribution >= 4 is 0 Å². The van der Waals surface area contributed by atoms with E-state index >= 15 is 0 Å². The van der Waals surface area contributed by atoms with Crippen LogP contribution in [0.3, 0.4) is 0 Å². The Morgan fingerprint density at radius 3 is 1.00 bits per heavy atom. The van der Waals surface area contributed by atoms with Gasteiger partial charge in [0.2, 0.25) is 0 Å². The van der Waals surface area contributed by atoms with E-state index in [4.69, 9.17) is 0 Å². The molecule has 0 N–H and O–H groups in total. The van der Waals surface area contributed by atoms with Gasteiger partial charge in [-0.1, -0.05) is 112 Å². The zero-order valence-corrected chi connectivity index (χ0v) is 23.6. The summed E-state index contributed by atoms with van der Waals surface area (Å²) in [4.78, 5) is 2.66. The van der Waals surface area contributed by atoms with E-state index in [1.54, 1.807) is 0 Å². The number of nitrogens with zero attached hydrogens (tertiary/aromatic N) is 2. The Labute approximate surface area is 205 Å². The van der Waals surface area contributed by atoms with Gasteiger partial charge in [0.1, 0.15) is 0 Å². The first-order valence-electron chi connectivity index (χ1n) is 15.2. The second-order valence-corrected chi connectivity index (χ2v) is 10.6. The third-order valence-electron chi connectivity index (χ3n) is 7.74. The molecule has 0 rings (SSSR count). The van der Waals surface area contributed by atoms with Gasteiger partial charge in [-0.2, -0.15) is 0 Å². The zero-order valence-electron chi connectivity index (χ0n) is 23.6. The fraction of sp³-hybridized carbons (Fsp3) is 1.00. The molecule has 0 aliphatic carbocycles. The molecule has 0 aliphatic rings. The third-order valence-corrected chi connectivity index (χ3v) is 7.74. The number of rotatable bonds is 26. The first-order chi connectivity index (χ1) is 15.7. The molecule has 0 saturated carbocycles. The maximum Gasteiger partial charge on any atom is 0.0915 e. The maximum absolute atomic E-state index is 2.66. The molecule has 0 radical (unpaired) electrons. The highest BCUT2D eigenvalue weighted by molar-refractivity contribution is 4.57. The average Bonchev–Trinajstić information content (AvgIpc) is 2.81. The summed E-state index contributed by atoms with van der Waals surface area (Å²) in [5.41, 5.74) is 0. The molecule has 0 aromatic heterocycles. The van der Waals surface area contributed by atoms with Gasteiger partial charge in [0.15, 0.2) is 0 Å². The van der Waals surface area contributed by atoms with Crippen LogP contribution >= 0.6 is 0 Å². The first kappa shape index (κ1) is 31.9. The topological polar surface area (TPSA) is 3.24 Å². The van der Waals surface area contributed by atoms with Crippen molar-refractivity contribution in [2.45, 2.75) is 150 Å². The maximum atomic E-state index is 2.66. The smallest absolute Gasteiger partial charge is 0.0915 e. The van der Waals surface area contributed by atoms with Crippen molar-refractivity contribution in [1.82, 2.24) is 4.90 Å². The minimum absolute atomic E-state index is 1.21. The van der Waals surface area contributed by atoms with Gasteiger partial charge in [0.25, 0.3) is 0 Å². The molecule has 0 amide bonds. The summed E-state index contributed by atoms with van der Waals surface area (Å²) in [5, 5.41) is 0. The monoisotopic (exact) mass is 454 g/mol. The SMILES string of the molecule is CCCCCCCC[N+](CCCCCCCC)(CCCCCCCC)CCN(CC)CC. The molecule has 2 heteroatoms. The predicted molar refractivity (Wildman–Crippen MR) is 148 cm³/mol. The van der Waals surface area contributed by atoms with Gasteiger partial charge < -0.3 is 4.48 Å². The zero-order chi connectivity index (χ0) is 23.8. The normalized spacial score (nSPS) is 12.2. The Morgan fingerprint density at radius 2 is 0.688 bits per heavy atom. The Bertz CT molecular complexity index is 310. The lowest BCUT2D eigenvalue weighted by Crippen LogP contribution is -2.53. The third kappa shape index (κ3) is 18.4. The Balaban J connectivity index is 4.87. The van der Waals surface area contributed by atoms with Crippen LogP contribution in [0.25, 0.3) is 0 Å². The standard InChI is InChI=1S/C30H65N2/c1-6-11-14-17-20-23-27-32(30-26-31(9-4)10-5,28-24-21-18-15-12-7-2)29-25-22-19-16-13-8-3/h6-30H2,1-5H3/q+1. The summed E-state index contributed by atoms with van der Waals surface area (Å²) >= 11 is 0. The lowest BCUT2D eigenvalue weighted by molar-refractivity contribution is -0.928. The number of likely N-dealkylation sites (N-methyl/N-ethyl adjacent to an activating group) is 1. The Morgan fingerprint density at radius 1 is 0.375 bits per heavy atom. The summed E-state index contributed by atoms with van der Waals surface area (Å²) in [6, 6.07) is 0. The van der Waals surface area contributed by atoms with E-state index in [-0.39, 0.29) is 0 Å². The van der Waals surface area contributed by atoms with Gasteiger partial charge in [0.05, 0.1) is 26.2 Å². The summed E-state index contributed by atoms with van der Waals surface area (Å²) in [6.45, 7) is 21.1. The lowest BCUT2D eigenvalue weighted by Gasteiger charge is -2.41. The molecule has 32 heavy (non-hydrogen) atoms. The highest BCUT2D eigenvalue weighted by Gasteiger charge is 2.26. The number of hydrogen-bond donors (Lipinski definition) is 0. The average molecular weight is 454 g/mol. The summed E-state index contributed by atoms with van der Waals surface area (Å²) in [5.74, 6) is 0. The second kappa shape index (κ2) is 24.1. The van der Waals surface area contributed by atoms with E-state index in [2.05, 4.69) is 39.5 Å². The van der Waals surface area contributed by atoms with Crippen molar-refractivity contribution < 1.29 is 4.48 Å². The molecule has 0 aromatic rings. The van der Waals surface area contributed by atoms with E-state index < -0.39 is 0 Å². The molecule has 0 aliphatic heterocycles. The minimum atomic E-state index is 1.21. The van der Waals surface area contributed by atoms with E-state index in [0.717, 1.165) is 0 Å². The quantitative estimate of drug-likeness (QED) is 0.0931. The summed E-state index contributed by atoms with van der Waals surface area (Å²) in [6.07, 6.45) is 25.8. The summed E-state index contributed by atoms with van der Waals surface area (Å²) < 4.78 is 1.42. The predicted octanol–water partition coefficient (Wildman–Crippen LogP) is 9.23. The van der Waals surface area contributed by atoms with E-state index in [1.807, 2.05) is 0 Å². The van der Waals surface area contributed by atoms with Crippen molar-refractivity contribution in [3.05, 3.63) is 0 Å². The van der Waals surface area contributed by atoms with Crippen LogP contribution in [0, 0.1) is 0 Å². The number of unbranched alkanes of at least 4 members (excludes halogenated alkanes) is 15. The van der Waals surface area contributed by atoms with Crippen LogP contribution in [0.4, 0.5) is 0 Å². The van der Waals surface area contributed by atoms with Crippen molar-refractivity contribution in [3.8, 4) is 0 Å². The number of hydrogen-bond acceptors (Lipinski definition) is 1. The molecular weight excluding hydrogens is 388 g/mol. The molecule has 194 valence electrons. The van der Waals surface area contributed by atoms with E-state index in [0.29, 0.717) is 0 Å². The van der Waals surface area contributed by atoms with E-state index in [1.165, 1.54) is 166 Å². The van der Waals surface area contributed by atoms with Crippen molar-refractivity contribution in [2.24, 2.45) is 0 Å². The molecule has 0 saturated heterocycles. The van der Waals surface area contributed by atoms with Gasteiger partial charge in [-0.25, -0.2) is 0 Å². The Kier molecular flexibility index (Phi) is 24.0. The van der Waals surface area contributed by atoms with Gasteiger partial charge in [-0.05, 0) is 51.6 Å². The molecule has 0 aromatic carbocycles. The summed E-state index contributed by atoms with van der Waals surface area (Å²) in [7, 11) is 0. The molecule has 2 nitrogen and oxygen atoms in total. The van der Waals surface area contributed by atoms with Crippen LogP contribution < -0.4 is 0 Å². The molecule has 0 heterocycles. The highest BCUT2D eigenvalue weighted by atomic mass is 15.4. The van der Waals surface area contributed by atoms with E-state index in [9.17, 15) is 0 Å². The fourth-order valence-corrected chi connectivity index (χ4v) is 5.25. The van der Waals surface area contributed by atoms with Crippen LogP contribution in [0.2, 0.25) is 0 Å². The second-order valence-electron chi connectivity index (χ2n) is 10.6. The minimum Gasteiger partial charge on any atom is -0.323 e. The molecule has 0 fully saturated rings. The molecule has 0 atom stereocenters. The molecule has 0 unspecified atom stereocenters. The van der Waals surface area contributed by atoms with Crippen LogP contribution in [-0.4, -0.2) is 55.2 Å². The van der Waals surface area contributed by atoms with Crippen molar-refractivity contribution in [3.63, 3.8) is 0 Å². The van der Waals surface area contributed by atoms with Crippen LogP contribution in [0.5, 0.6) is 0 Å². The van der Waals surface area contributed by atoms with Gasteiger partial charge >= 0.3 is 0 Å². The first-order valence-corrected chi connectivity index (χ1v) is 15.2. The van der Waals surface area contributed by atoms with Gasteiger partial charge in [-0.15, -0.1) is 0 Å². The fourth-order valence-electron chi connectivity index (χ4n) is 5.25. The molecule has 0 bridgehead atoms. The van der Waals surface area contributed by atoms with Gasteiger partial charge in [0, 0.05) is 6.54 Å². The van der Waals surface area contributed by atoms with Gasteiger partial charge in [-0.3, -0.25) is 4.90 Å². The van der Waals surface area contributed by atoms with Crippen molar-refractivity contribution in [2.75, 3.05) is 45.8 Å². The van der Waals surface area contributed by atoms with Crippen molar-refractivity contribution in [1.29, 1.82) is 0 Å². The largest absolute Gasteiger partial charge is 0.323 e. The molecular formula is C30H65N2+. The van der Waals surface area contributed by atoms with Crippen LogP contribution in [0.1, 0.15) is 150 Å². The lowest BCUT2D eigenvalue weighted by atomic mass is 10.1. The Hall–Kier alpha value is -0.0800. The highest BCUT2D eigenvalue weighted by Crippen LogP contribution is 2.19. The van der Waals surface area contributed by atoms with Crippen LogP contribution in [0.15, 0.2) is 0 Å². The van der Waals surface area contributed by atoms with Crippen LogP contribution in [-0.2, 0) is 0 Å².